The maximum atomic E-state index is 3.60. The van der Waals surface area contributed by atoms with E-state index < -0.39 is 0 Å². The Kier molecular flexibility index (Phi) is 5.94. The Balaban J connectivity index is 2.75. The molecule has 1 aliphatic rings. The van der Waals surface area contributed by atoms with Gasteiger partial charge in [0, 0.05) is 11.6 Å². The van der Waals surface area contributed by atoms with E-state index in [9.17, 15) is 0 Å². The molecular formula is C15H32N2. The number of nitrogens with zero attached hydrogens (tertiary/aromatic N) is 1. The largest absolute Gasteiger partial charge is 0.315 e. The third-order valence-corrected chi connectivity index (χ3v) is 4.76. The maximum Gasteiger partial charge on any atom is 0.0308 e. The monoisotopic (exact) mass is 240 g/mol. The van der Waals surface area contributed by atoms with Crippen LogP contribution < -0.4 is 5.32 Å². The summed E-state index contributed by atoms with van der Waals surface area (Å²) >= 11 is 0. The number of likely N-dealkylation sites (N-methyl/N-ethyl adjacent to an activating group) is 1. The van der Waals surface area contributed by atoms with E-state index >= 15 is 0 Å². The molecule has 1 unspecified atom stereocenters. The molecule has 1 saturated heterocycles. The summed E-state index contributed by atoms with van der Waals surface area (Å²) in [6.45, 7) is 12.1. The molecular weight excluding hydrogens is 208 g/mol. The van der Waals surface area contributed by atoms with Gasteiger partial charge in [-0.1, -0.05) is 33.1 Å². The molecule has 0 bridgehead atoms. The molecule has 2 heteroatoms. The van der Waals surface area contributed by atoms with Crippen LogP contribution in [0.25, 0.3) is 0 Å². The minimum absolute atomic E-state index is 0.284. The normalized spacial score (nSPS) is 20.8. The highest BCUT2D eigenvalue weighted by atomic mass is 15.2. The van der Waals surface area contributed by atoms with Crippen LogP contribution in [-0.4, -0.2) is 36.6 Å². The zero-order chi connectivity index (χ0) is 12.9. The van der Waals surface area contributed by atoms with Gasteiger partial charge in [0.25, 0.3) is 0 Å². The average molecular weight is 240 g/mol. The Hall–Kier alpha value is -0.0800. The first-order valence-electron chi connectivity index (χ1n) is 7.50. The number of hydrogen-bond acceptors (Lipinski definition) is 2. The van der Waals surface area contributed by atoms with Crippen molar-refractivity contribution < 1.29 is 0 Å². The van der Waals surface area contributed by atoms with Crippen molar-refractivity contribution in [3.05, 3.63) is 0 Å². The number of hydrogen-bond donors (Lipinski definition) is 1. The van der Waals surface area contributed by atoms with Crippen LogP contribution in [0.4, 0.5) is 0 Å². The van der Waals surface area contributed by atoms with Crippen molar-refractivity contribution in [2.24, 2.45) is 5.92 Å². The molecule has 0 radical (unpaired) electrons. The maximum absolute atomic E-state index is 3.60. The van der Waals surface area contributed by atoms with Crippen LogP contribution in [0.2, 0.25) is 0 Å². The molecule has 2 nitrogen and oxygen atoms in total. The Bertz CT molecular complexity index is 203. The SMILES string of the molecule is CCC(CC)C(NC)C(C)(C)N1CCCCC1. The lowest BCUT2D eigenvalue weighted by atomic mass is 9.79. The first kappa shape index (κ1) is 15.0. The van der Waals surface area contributed by atoms with Crippen molar-refractivity contribution in [2.75, 3.05) is 20.1 Å². The summed E-state index contributed by atoms with van der Waals surface area (Å²) in [4.78, 5) is 2.70. The minimum Gasteiger partial charge on any atom is -0.315 e. The van der Waals surface area contributed by atoms with Gasteiger partial charge in [0.05, 0.1) is 0 Å². The molecule has 102 valence electrons. The van der Waals surface area contributed by atoms with E-state index in [4.69, 9.17) is 0 Å². The van der Waals surface area contributed by atoms with E-state index in [1.807, 2.05) is 0 Å². The smallest absolute Gasteiger partial charge is 0.0308 e. The predicted octanol–water partition coefficient (Wildman–Crippen LogP) is 3.28. The van der Waals surface area contributed by atoms with Crippen LogP contribution in [-0.2, 0) is 0 Å². The number of piperidine rings is 1. The second kappa shape index (κ2) is 6.75. The molecule has 0 saturated carbocycles. The third kappa shape index (κ3) is 3.45. The molecule has 0 aromatic heterocycles. The van der Waals surface area contributed by atoms with Gasteiger partial charge >= 0.3 is 0 Å². The van der Waals surface area contributed by atoms with E-state index in [-0.39, 0.29) is 5.54 Å². The van der Waals surface area contributed by atoms with Gasteiger partial charge in [-0.2, -0.15) is 0 Å². The van der Waals surface area contributed by atoms with E-state index in [1.54, 1.807) is 0 Å². The molecule has 0 aromatic carbocycles. The van der Waals surface area contributed by atoms with Crippen LogP contribution in [0, 0.1) is 5.92 Å². The van der Waals surface area contributed by atoms with E-state index in [2.05, 4.69) is 45.0 Å². The summed E-state index contributed by atoms with van der Waals surface area (Å²) in [5.74, 6) is 0.789. The van der Waals surface area contributed by atoms with Crippen molar-refractivity contribution >= 4 is 0 Å². The lowest BCUT2D eigenvalue weighted by Crippen LogP contribution is -2.60. The summed E-state index contributed by atoms with van der Waals surface area (Å²) in [5.41, 5.74) is 0.284. The van der Waals surface area contributed by atoms with Gasteiger partial charge in [-0.15, -0.1) is 0 Å². The highest BCUT2D eigenvalue weighted by Crippen LogP contribution is 2.30. The third-order valence-electron chi connectivity index (χ3n) is 4.76. The molecule has 0 amide bonds. The minimum atomic E-state index is 0.284. The van der Waals surface area contributed by atoms with Crippen LogP contribution in [0.3, 0.4) is 0 Å². The molecule has 1 N–H and O–H groups in total. The Morgan fingerprint density at radius 1 is 1.06 bits per heavy atom. The Labute approximate surface area is 108 Å². The fraction of sp³-hybridized carbons (Fsp3) is 1.00. The number of nitrogens with one attached hydrogen (secondary N) is 1. The molecule has 1 rings (SSSR count). The average Bonchev–Trinajstić information content (AvgIpc) is 2.36. The number of rotatable bonds is 6. The van der Waals surface area contributed by atoms with Gasteiger partial charge in [-0.05, 0) is 52.7 Å². The second-order valence-electron chi connectivity index (χ2n) is 6.04. The summed E-state index contributed by atoms with van der Waals surface area (Å²) in [6.07, 6.45) is 6.73. The van der Waals surface area contributed by atoms with Gasteiger partial charge in [-0.3, -0.25) is 4.90 Å². The van der Waals surface area contributed by atoms with E-state index in [0.29, 0.717) is 6.04 Å². The van der Waals surface area contributed by atoms with E-state index in [0.717, 1.165) is 5.92 Å². The van der Waals surface area contributed by atoms with Gasteiger partial charge in [0.1, 0.15) is 0 Å². The topological polar surface area (TPSA) is 15.3 Å². The summed E-state index contributed by atoms with van der Waals surface area (Å²) in [5, 5.41) is 3.60. The molecule has 0 spiro atoms. The van der Waals surface area contributed by atoms with Crippen molar-refractivity contribution in [2.45, 2.75) is 71.4 Å². The fourth-order valence-corrected chi connectivity index (χ4v) is 3.59. The number of likely N-dealkylation sites (tertiary alicyclic amines) is 1. The molecule has 17 heavy (non-hydrogen) atoms. The summed E-state index contributed by atoms with van der Waals surface area (Å²) in [7, 11) is 2.13. The van der Waals surface area contributed by atoms with Crippen LogP contribution >= 0.6 is 0 Å². The van der Waals surface area contributed by atoms with Gasteiger partial charge in [0.15, 0.2) is 0 Å². The second-order valence-corrected chi connectivity index (χ2v) is 6.04. The van der Waals surface area contributed by atoms with Gasteiger partial charge < -0.3 is 5.32 Å². The lowest BCUT2D eigenvalue weighted by molar-refractivity contribution is 0.0411. The summed E-state index contributed by atoms with van der Waals surface area (Å²) in [6, 6.07) is 0.607. The van der Waals surface area contributed by atoms with Gasteiger partial charge in [0.2, 0.25) is 0 Å². The van der Waals surface area contributed by atoms with Crippen molar-refractivity contribution in [3.63, 3.8) is 0 Å². The molecule has 1 heterocycles. The Morgan fingerprint density at radius 2 is 1.59 bits per heavy atom. The van der Waals surface area contributed by atoms with Crippen molar-refractivity contribution in [1.29, 1.82) is 0 Å². The Morgan fingerprint density at radius 3 is 2.00 bits per heavy atom. The molecule has 1 fully saturated rings. The molecule has 1 atom stereocenters. The molecule has 1 aliphatic heterocycles. The van der Waals surface area contributed by atoms with Crippen molar-refractivity contribution in [1.82, 2.24) is 10.2 Å². The summed E-state index contributed by atoms with van der Waals surface area (Å²) < 4.78 is 0. The zero-order valence-electron chi connectivity index (χ0n) is 12.6. The zero-order valence-corrected chi connectivity index (χ0v) is 12.6. The van der Waals surface area contributed by atoms with Crippen LogP contribution in [0.1, 0.15) is 59.8 Å². The van der Waals surface area contributed by atoms with Crippen LogP contribution in [0.5, 0.6) is 0 Å². The van der Waals surface area contributed by atoms with Crippen molar-refractivity contribution in [3.8, 4) is 0 Å². The first-order chi connectivity index (χ1) is 8.07. The van der Waals surface area contributed by atoms with Crippen LogP contribution in [0.15, 0.2) is 0 Å². The highest BCUT2D eigenvalue weighted by Gasteiger charge is 2.38. The molecule has 0 aromatic rings. The van der Waals surface area contributed by atoms with Gasteiger partial charge in [-0.25, -0.2) is 0 Å². The first-order valence-corrected chi connectivity index (χ1v) is 7.50. The fourth-order valence-electron chi connectivity index (χ4n) is 3.59. The lowest BCUT2D eigenvalue weighted by Gasteiger charge is -2.48. The quantitative estimate of drug-likeness (QED) is 0.766. The predicted molar refractivity (Wildman–Crippen MR) is 76.4 cm³/mol. The molecule has 0 aliphatic carbocycles. The highest BCUT2D eigenvalue weighted by molar-refractivity contribution is 4.96. The standard InChI is InChI=1S/C15H32N2/c1-6-13(7-2)14(16-5)15(3,4)17-11-9-8-10-12-17/h13-14,16H,6-12H2,1-5H3. The van der Waals surface area contributed by atoms with E-state index in [1.165, 1.54) is 45.2 Å².